The van der Waals surface area contributed by atoms with Crippen molar-refractivity contribution in [2.45, 2.75) is 6.61 Å². The molecule has 0 aliphatic heterocycles. The molecule has 0 saturated carbocycles. The second-order valence-corrected chi connectivity index (χ2v) is 5.64. The van der Waals surface area contributed by atoms with Gasteiger partial charge in [-0.3, -0.25) is 0 Å². The van der Waals surface area contributed by atoms with E-state index in [2.05, 4.69) is 20.3 Å². The van der Waals surface area contributed by atoms with Crippen LogP contribution in [0.1, 0.15) is 5.89 Å². The van der Waals surface area contributed by atoms with Crippen LogP contribution in [0.2, 0.25) is 5.15 Å². The van der Waals surface area contributed by atoms with E-state index in [9.17, 15) is 0 Å². The van der Waals surface area contributed by atoms with Crippen LogP contribution in [-0.4, -0.2) is 15.0 Å². The van der Waals surface area contributed by atoms with Crippen LogP contribution in [0.5, 0.6) is 5.75 Å². The molecule has 0 spiro atoms. The Morgan fingerprint density at radius 3 is 2.80 bits per heavy atom. The lowest BCUT2D eigenvalue weighted by Crippen LogP contribution is -1.97. The fourth-order valence-corrected chi connectivity index (χ4v) is 2.51. The highest BCUT2D eigenvalue weighted by molar-refractivity contribution is 6.29. The number of anilines is 2. The van der Waals surface area contributed by atoms with E-state index in [0.29, 0.717) is 11.0 Å². The molecule has 0 amide bonds. The molecule has 4 rings (SSSR count). The number of fused-ring (bicyclic) bond motifs is 1. The molecule has 25 heavy (non-hydrogen) atoms. The van der Waals surface area contributed by atoms with Crippen LogP contribution in [0.3, 0.4) is 0 Å². The predicted octanol–water partition coefficient (Wildman–Crippen LogP) is 4.59. The molecule has 0 bridgehead atoms. The average Bonchev–Trinajstić information content (AvgIpc) is 3.15. The minimum Gasteiger partial charge on any atom is -0.484 e. The fourth-order valence-electron chi connectivity index (χ4n) is 2.40. The van der Waals surface area contributed by atoms with E-state index in [1.165, 1.54) is 6.26 Å². The van der Waals surface area contributed by atoms with Crippen molar-refractivity contribution in [2.24, 2.45) is 0 Å². The molecule has 0 saturated heterocycles. The monoisotopic (exact) mass is 352 g/mol. The molecule has 0 aliphatic carbocycles. The van der Waals surface area contributed by atoms with E-state index in [1.807, 2.05) is 30.3 Å². The first kappa shape index (κ1) is 15.4. The predicted molar refractivity (Wildman–Crippen MR) is 95.1 cm³/mol. The number of ether oxygens (including phenoxy) is 1. The molecule has 4 aromatic rings. The molecule has 7 heteroatoms. The number of nitrogens with zero attached hydrogens (tertiary/aromatic N) is 3. The van der Waals surface area contributed by atoms with Gasteiger partial charge in [-0.1, -0.05) is 11.6 Å². The first-order valence-corrected chi connectivity index (χ1v) is 7.94. The van der Waals surface area contributed by atoms with E-state index in [-0.39, 0.29) is 6.61 Å². The number of hydrogen-bond donors (Lipinski definition) is 1. The highest BCUT2D eigenvalue weighted by Gasteiger charge is 2.06. The summed E-state index contributed by atoms with van der Waals surface area (Å²) in [5.74, 6) is 2.00. The lowest BCUT2D eigenvalue weighted by molar-refractivity contribution is 0.263. The molecular formula is C18H13ClN4O2. The van der Waals surface area contributed by atoms with E-state index in [4.69, 9.17) is 20.8 Å². The summed E-state index contributed by atoms with van der Waals surface area (Å²) in [7, 11) is 0. The van der Waals surface area contributed by atoms with Crippen LogP contribution in [0.25, 0.3) is 10.8 Å². The second-order valence-electron chi connectivity index (χ2n) is 5.25. The van der Waals surface area contributed by atoms with Gasteiger partial charge in [0.1, 0.15) is 23.0 Å². The van der Waals surface area contributed by atoms with E-state index < -0.39 is 0 Å². The molecule has 0 radical (unpaired) electrons. The van der Waals surface area contributed by atoms with Gasteiger partial charge in [0.25, 0.3) is 0 Å². The molecule has 124 valence electrons. The van der Waals surface area contributed by atoms with Crippen molar-refractivity contribution in [1.82, 2.24) is 15.0 Å². The summed E-state index contributed by atoms with van der Waals surface area (Å²) < 4.78 is 10.9. The minimum atomic E-state index is 0.283. The first-order chi connectivity index (χ1) is 12.3. The van der Waals surface area contributed by atoms with Gasteiger partial charge in [-0.25, -0.2) is 15.0 Å². The highest BCUT2D eigenvalue weighted by Crippen LogP contribution is 2.28. The van der Waals surface area contributed by atoms with Crippen LogP contribution in [0.4, 0.5) is 11.5 Å². The Morgan fingerprint density at radius 1 is 1.04 bits per heavy atom. The van der Waals surface area contributed by atoms with Gasteiger partial charge in [0, 0.05) is 11.6 Å². The summed E-state index contributed by atoms with van der Waals surface area (Å²) in [6, 6.07) is 11.3. The van der Waals surface area contributed by atoms with Gasteiger partial charge in [0.15, 0.2) is 6.61 Å². The molecule has 1 aromatic carbocycles. The minimum absolute atomic E-state index is 0.283. The average molecular weight is 353 g/mol. The number of halogens is 1. The Hall–Kier alpha value is -3.12. The number of rotatable bonds is 5. The van der Waals surface area contributed by atoms with Crippen molar-refractivity contribution in [3.05, 3.63) is 72.3 Å². The lowest BCUT2D eigenvalue weighted by Gasteiger charge is -2.10. The quantitative estimate of drug-likeness (QED) is 0.529. The number of nitrogens with one attached hydrogen (secondary N) is 1. The Kier molecular flexibility index (Phi) is 4.18. The highest BCUT2D eigenvalue weighted by atomic mass is 35.5. The normalized spacial score (nSPS) is 10.8. The van der Waals surface area contributed by atoms with Gasteiger partial charge in [-0.2, -0.15) is 0 Å². The molecule has 0 unspecified atom stereocenters. The summed E-state index contributed by atoms with van der Waals surface area (Å²) in [5.41, 5.74) is 0.814. The van der Waals surface area contributed by atoms with Crippen molar-refractivity contribution in [3.8, 4) is 5.75 Å². The summed E-state index contributed by atoms with van der Waals surface area (Å²) in [4.78, 5) is 12.5. The van der Waals surface area contributed by atoms with Gasteiger partial charge in [0.05, 0.1) is 18.1 Å². The topological polar surface area (TPSA) is 73.1 Å². The summed E-state index contributed by atoms with van der Waals surface area (Å²) in [5, 5.41) is 5.68. The van der Waals surface area contributed by atoms with Crippen molar-refractivity contribution in [2.75, 3.05) is 5.32 Å². The van der Waals surface area contributed by atoms with Crippen LogP contribution in [0, 0.1) is 0 Å². The van der Waals surface area contributed by atoms with Crippen LogP contribution < -0.4 is 10.1 Å². The lowest BCUT2D eigenvalue weighted by atomic mass is 10.1. The third-order valence-corrected chi connectivity index (χ3v) is 3.80. The maximum Gasteiger partial charge on any atom is 0.232 e. The van der Waals surface area contributed by atoms with Gasteiger partial charge in [-0.15, -0.1) is 0 Å². The molecule has 0 aliphatic rings. The molecule has 1 N–H and O–H groups in total. The zero-order chi connectivity index (χ0) is 17.1. The Balaban J connectivity index is 1.57. The van der Waals surface area contributed by atoms with E-state index in [0.717, 1.165) is 28.0 Å². The summed E-state index contributed by atoms with van der Waals surface area (Å²) in [6.45, 7) is 0.283. The molecule has 6 nitrogen and oxygen atoms in total. The Morgan fingerprint density at radius 2 is 2.00 bits per heavy atom. The second kappa shape index (κ2) is 6.78. The van der Waals surface area contributed by atoms with Gasteiger partial charge in [0.2, 0.25) is 5.89 Å². The van der Waals surface area contributed by atoms with Crippen molar-refractivity contribution < 1.29 is 9.15 Å². The van der Waals surface area contributed by atoms with Gasteiger partial charge in [-0.05, 0) is 41.8 Å². The number of oxazole rings is 1. The first-order valence-electron chi connectivity index (χ1n) is 7.56. The van der Waals surface area contributed by atoms with E-state index >= 15 is 0 Å². The number of pyridine rings is 2. The largest absolute Gasteiger partial charge is 0.484 e. The Labute approximate surface area is 148 Å². The third kappa shape index (κ3) is 3.54. The van der Waals surface area contributed by atoms with Crippen molar-refractivity contribution in [1.29, 1.82) is 0 Å². The van der Waals surface area contributed by atoms with Crippen LogP contribution in [-0.2, 0) is 6.61 Å². The SMILES string of the molecule is Clc1ccc(Nc2nccc3cc(OCc4ncco4)ccc23)cn1. The zero-order valence-electron chi connectivity index (χ0n) is 13.0. The Bertz CT molecular complexity index is 988. The summed E-state index contributed by atoms with van der Waals surface area (Å²) >= 11 is 5.81. The number of hydrogen-bond acceptors (Lipinski definition) is 6. The number of aromatic nitrogens is 3. The smallest absolute Gasteiger partial charge is 0.232 e. The molecular weight excluding hydrogens is 340 g/mol. The standard InChI is InChI=1S/C18H13ClN4O2/c19-16-4-1-13(10-22-16)23-18-15-3-2-14(9-12(15)5-6-21-18)25-11-17-20-7-8-24-17/h1-10H,11H2,(H,21,23). The third-order valence-electron chi connectivity index (χ3n) is 3.57. The van der Waals surface area contributed by atoms with Crippen LogP contribution in [0.15, 0.2) is 65.7 Å². The van der Waals surface area contributed by atoms with Gasteiger partial charge >= 0.3 is 0 Å². The fraction of sp³-hybridized carbons (Fsp3) is 0.0556. The number of benzene rings is 1. The van der Waals surface area contributed by atoms with Crippen LogP contribution >= 0.6 is 11.6 Å². The molecule has 0 atom stereocenters. The summed E-state index contributed by atoms with van der Waals surface area (Å²) in [6.07, 6.45) is 6.52. The van der Waals surface area contributed by atoms with E-state index in [1.54, 1.807) is 24.7 Å². The maximum atomic E-state index is 5.81. The zero-order valence-corrected chi connectivity index (χ0v) is 13.8. The molecule has 0 fully saturated rings. The maximum absolute atomic E-state index is 5.81. The molecule has 3 aromatic heterocycles. The molecule has 3 heterocycles. The van der Waals surface area contributed by atoms with Crippen molar-refractivity contribution >= 4 is 33.9 Å². The van der Waals surface area contributed by atoms with Crippen molar-refractivity contribution in [3.63, 3.8) is 0 Å². The van der Waals surface area contributed by atoms with Gasteiger partial charge < -0.3 is 14.5 Å².